The van der Waals surface area contributed by atoms with Crippen LogP contribution in [0.5, 0.6) is 17.5 Å². The fraction of sp³-hybridized carbons (Fsp3) is 0.353. The molecular formula is C17H21NO7S. The lowest BCUT2D eigenvalue weighted by molar-refractivity contribution is -0.141. The summed E-state index contributed by atoms with van der Waals surface area (Å²) in [5, 5.41) is 28.5. The molecule has 26 heavy (non-hydrogen) atoms. The van der Waals surface area contributed by atoms with E-state index in [9.17, 15) is 28.5 Å². The lowest BCUT2D eigenvalue weighted by Gasteiger charge is -2.14. The smallest absolute Gasteiger partial charge is 0.307 e. The van der Waals surface area contributed by atoms with Crippen molar-refractivity contribution in [2.45, 2.75) is 24.3 Å². The molecule has 0 amide bonds. The summed E-state index contributed by atoms with van der Waals surface area (Å²) >= 11 is 0. The van der Waals surface area contributed by atoms with Crippen LogP contribution in [0.4, 0.5) is 0 Å². The quantitative estimate of drug-likeness (QED) is 0.603. The van der Waals surface area contributed by atoms with Gasteiger partial charge in [0.25, 0.3) is 0 Å². The molecule has 1 aromatic carbocycles. The molecule has 1 atom stereocenters. The second-order valence-corrected chi connectivity index (χ2v) is 7.87. The Kier molecular flexibility index (Phi) is 6.14. The van der Waals surface area contributed by atoms with Gasteiger partial charge in [-0.25, -0.2) is 8.42 Å². The Labute approximate surface area is 151 Å². The van der Waals surface area contributed by atoms with E-state index in [2.05, 4.69) is 0 Å². The van der Waals surface area contributed by atoms with Crippen molar-refractivity contribution in [1.82, 2.24) is 4.57 Å². The zero-order valence-electron chi connectivity index (χ0n) is 14.2. The van der Waals surface area contributed by atoms with E-state index in [1.807, 2.05) is 0 Å². The van der Waals surface area contributed by atoms with Gasteiger partial charge in [0.1, 0.15) is 5.75 Å². The highest BCUT2D eigenvalue weighted by Gasteiger charge is 2.26. The van der Waals surface area contributed by atoms with Gasteiger partial charge in [-0.3, -0.25) is 9.36 Å². The van der Waals surface area contributed by atoms with Crippen molar-refractivity contribution in [2.24, 2.45) is 5.92 Å². The molecule has 1 unspecified atom stereocenters. The van der Waals surface area contributed by atoms with Gasteiger partial charge in [-0.1, -0.05) is 0 Å². The average molecular weight is 383 g/mol. The first-order valence-corrected chi connectivity index (χ1v) is 9.57. The predicted molar refractivity (Wildman–Crippen MR) is 93.2 cm³/mol. The molecule has 0 saturated heterocycles. The fourth-order valence-electron chi connectivity index (χ4n) is 2.59. The van der Waals surface area contributed by atoms with Gasteiger partial charge in [-0.15, -0.1) is 0 Å². The molecule has 3 N–H and O–H groups in total. The fourth-order valence-corrected chi connectivity index (χ4v) is 4.18. The molecule has 0 aliphatic rings. The van der Waals surface area contributed by atoms with Crippen LogP contribution in [0.1, 0.15) is 12.8 Å². The molecule has 2 aromatic rings. The summed E-state index contributed by atoms with van der Waals surface area (Å²) in [6.45, 7) is 0.178. The van der Waals surface area contributed by atoms with Crippen molar-refractivity contribution in [2.75, 3.05) is 12.9 Å². The van der Waals surface area contributed by atoms with Crippen molar-refractivity contribution >= 4 is 15.8 Å². The Morgan fingerprint density at radius 2 is 1.69 bits per heavy atom. The number of carboxylic acids is 1. The Hall–Kier alpha value is -2.68. The number of nitrogens with zero attached hydrogens (tertiary/aromatic N) is 1. The van der Waals surface area contributed by atoms with Gasteiger partial charge in [0.05, 0.1) is 23.7 Å². The van der Waals surface area contributed by atoms with E-state index in [-0.39, 0.29) is 36.0 Å². The molecule has 0 saturated carbocycles. The number of hydrogen-bond donors (Lipinski definition) is 3. The molecule has 2 rings (SSSR count). The number of carboxylic acid groups (broad SMARTS) is 1. The van der Waals surface area contributed by atoms with Crippen LogP contribution in [-0.4, -0.2) is 47.1 Å². The maximum absolute atomic E-state index is 12.5. The SMILES string of the molecule is COc1ccc(S(=O)(=O)CC(CCCn2c(O)ccc2O)C(=O)O)cc1. The van der Waals surface area contributed by atoms with Crippen LogP contribution in [0.2, 0.25) is 0 Å². The predicted octanol–water partition coefficient (Wildman–Crippen LogP) is 1.86. The second kappa shape index (κ2) is 8.13. The molecule has 0 aliphatic carbocycles. The second-order valence-electron chi connectivity index (χ2n) is 5.84. The van der Waals surface area contributed by atoms with E-state index >= 15 is 0 Å². The number of carbonyl (C=O) groups is 1. The van der Waals surface area contributed by atoms with Crippen molar-refractivity contribution in [3.8, 4) is 17.5 Å². The highest BCUT2D eigenvalue weighted by atomic mass is 32.2. The normalized spacial score (nSPS) is 12.7. The summed E-state index contributed by atoms with van der Waals surface area (Å²) in [7, 11) is -2.31. The zero-order chi connectivity index (χ0) is 19.3. The maximum Gasteiger partial charge on any atom is 0.307 e. The van der Waals surface area contributed by atoms with Gasteiger partial charge in [-0.05, 0) is 37.1 Å². The molecule has 0 spiro atoms. The first-order chi connectivity index (χ1) is 12.2. The molecule has 0 aliphatic heterocycles. The van der Waals surface area contributed by atoms with Crippen molar-refractivity contribution in [1.29, 1.82) is 0 Å². The minimum absolute atomic E-state index is 0.0326. The molecule has 142 valence electrons. The summed E-state index contributed by atoms with van der Waals surface area (Å²) in [5.74, 6) is -2.60. The molecule has 0 bridgehead atoms. The van der Waals surface area contributed by atoms with Gasteiger partial charge in [-0.2, -0.15) is 0 Å². The van der Waals surface area contributed by atoms with Crippen molar-refractivity contribution in [3.05, 3.63) is 36.4 Å². The van der Waals surface area contributed by atoms with E-state index < -0.39 is 27.5 Å². The third-order valence-corrected chi connectivity index (χ3v) is 5.89. The topological polar surface area (TPSA) is 126 Å². The van der Waals surface area contributed by atoms with Crippen molar-refractivity contribution < 1.29 is 33.3 Å². The first-order valence-electron chi connectivity index (χ1n) is 7.91. The van der Waals surface area contributed by atoms with Crippen LogP contribution in [-0.2, 0) is 21.2 Å². The third kappa shape index (κ3) is 4.69. The molecule has 8 nitrogen and oxygen atoms in total. The minimum atomic E-state index is -3.77. The summed E-state index contributed by atoms with van der Waals surface area (Å²) < 4.78 is 31.1. The minimum Gasteiger partial charge on any atom is -0.497 e. The van der Waals surface area contributed by atoms with E-state index in [4.69, 9.17) is 4.74 Å². The lowest BCUT2D eigenvalue weighted by Crippen LogP contribution is -2.24. The van der Waals surface area contributed by atoms with Gasteiger partial charge in [0, 0.05) is 18.7 Å². The largest absolute Gasteiger partial charge is 0.497 e. The van der Waals surface area contributed by atoms with Crippen LogP contribution in [0.25, 0.3) is 0 Å². The molecular weight excluding hydrogens is 362 g/mol. The van der Waals surface area contributed by atoms with Gasteiger partial charge in [0.2, 0.25) is 0 Å². The molecule has 0 fully saturated rings. The van der Waals surface area contributed by atoms with E-state index in [0.29, 0.717) is 5.75 Å². The number of aromatic nitrogens is 1. The Bertz CT molecular complexity index is 836. The summed E-state index contributed by atoms with van der Waals surface area (Å²) in [4.78, 5) is 11.5. The molecule has 0 radical (unpaired) electrons. The Balaban J connectivity index is 2.03. The molecule has 1 aromatic heterocycles. The molecule has 9 heteroatoms. The highest BCUT2D eigenvalue weighted by molar-refractivity contribution is 7.91. The highest BCUT2D eigenvalue weighted by Crippen LogP contribution is 2.24. The van der Waals surface area contributed by atoms with Gasteiger partial charge < -0.3 is 20.1 Å². The standard InChI is InChI=1S/C17H21NO7S/c1-25-13-4-6-14(7-5-13)26(23,24)11-12(17(21)22)3-2-10-18-15(19)8-9-16(18)20/h4-9,12,19-20H,2-3,10-11H2,1H3,(H,21,22). The number of aromatic hydroxyl groups is 2. The third-order valence-electron chi connectivity index (χ3n) is 4.06. The average Bonchev–Trinajstić information content (AvgIpc) is 2.92. The number of aliphatic carboxylic acids is 1. The number of sulfone groups is 1. The zero-order valence-corrected chi connectivity index (χ0v) is 15.0. The summed E-state index contributed by atoms with van der Waals surface area (Å²) in [6, 6.07) is 8.39. The van der Waals surface area contributed by atoms with Crippen LogP contribution in [0.3, 0.4) is 0 Å². The van der Waals surface area contributed by atoms with Crippen LogP contribution in [0.15, 0.2) is 41.3 Å². The number of benzene rings is 1. The number of hydrogen-bond acceptors (Lipinski definition) is 6. The number of ether oxygens (including phenoxy) is 1. The van der Waals surface area contributed by atoms with Gasteiger partial charge >= 0.3 is 5.97 Å². The van der Waals surface area contributed by atoms with Crippen LogP contribution in [0, 0.1) is 5.92 Å². The monoisotopic (exact) mass is 383 g/mol. The van der Waals surface area contributed by atoms with Crippen LogP contribution >= 0.6 is 0 Å². The van der Waals surface area contributed by atoms with Crippen molar-refractivity contribution in [3.63, 3.8) is 0 Å². The lowest BCUT2D eigenvalue weighted by atomic mass is 10.1. The maximum atomic E-state index is 12.5. The molecule has 1 heterocycles. The first kappa shape index (κ1) is 19.6. The van der Waals surface area contributed by atoms with E-state index in [0.717, 1.165) is 0 Å². The van der Waals surface area contributed by atoms with Gasteiger partial charge in [0.15, 0.2) is 21.6 Å². The Morgan fingerprint density at radius 1 is 1.12 bits per heavy atom. The van der Waals surface area contributed by atoms with E-state index in [1.165, 1.54) is 48.1 Å². The van der Waals surface area contributed by atoms with E-state index in [1.54, 1.807) is 0 Å². The number of rotatable bonds is 9. The number of methoxy groups -OCH3 is 1. The summed E-state index contributed by atoms with van der Waals surface area (Å²) in [5.41, 5.74) is 0. The summed E-state index contributed by atoms with van der Waals surface area (Å²) in [6.07, 6.45) is 0.368. The van der Waals surface area contributed by atoms with Crippen LogP contribution < -0.4 is 4.74 Å². The Morgan fingerprint density at radius 3 is 2.19 bits per heavy atom.